The minimum absolute atomic E-state index is 0.0545. The highest BCUT2D eigenvalue weighted by atomic mass is 16.1. The van der Waals surface area contributed by atoms with E-state index in [2.05, 4.69) is 63.1 Å². The minimum Gasteiger partial charge on any atom is -0.357 e. The number of carbonyl (C=O) groups excluding carboxylic acids is 1. The van der Waals surface area contributed by atoms with Crippen LogP contribution in [0.3, 0.4) is 0 Å². The number of hydrogen-bond acceptors (Lipinski definition) is 3. The third-order valence-corrected chi connectivity index (χ3v) is 4.58. The summed E-state index contributed by atoms with van der Waals surface area (Å²) in [5, 5.41) is 9.73. The first-order valence-corrected chi connectivity index (χ1v) is 10.2. The van der Waals surface area contributed by atoms with Crippen molar-refractivity contribution in [2.45, 2.75) is 58.7 Å². The van der Waals surface area contributed by atoms with Crippen molar-refractivity contribution in [1.29, 1.82) is 0 Å². The van der Waals surface area contributed by atoms with E-state index in [-0.39, 0.29) is 11.9 Å². The molecule has 27 heavy (non-hydrogen) atoms. The van der Waals surface area contributed by atoms with E-state index in [9.17, 15) is 4.79 Å². The summed E-state index contributed by atoms with van der Waals surface area (Å²) in [6.07, 6.45) is 2.63. The lowest BCUT2D eigenvalue weighted by molar-refractivity contribution is -0.121. The number of amides is 1. The molecule has 1 heterocycles. The molecule has 2 rings (SSSR count). The molecule has 0 bridgehead atoms. The molecule has 0 spiro atoms. The van der Waals surface area contributed by atoms with Gasteiger partial charge in [-0.05, 0) is 39.2 Å². The number of aliphatic imine (C=N–C) groups is 1. The first kappa shape index (κ1) is 21.2. The maximum absolute atomic E-state index is 11.7. The Bertz CT molecular complexity index is 579. The lowest BCUT2D eigenvalue weighted by Crippen LogP contribution is -2.48. The summed E-state index contributed by atoms with van der Waals surface area (Å²) in [5.41, 5.74) is 1.37. The predicted molar refractivity (Wildman–Crippen MR) is 112 cm³/mol. The van der Waals surface area contributed by atoms with Gasteiger partial charge in [-0.15, -0.1) is 0 Å². The van der Waals surface area contributed by atoms with Crippen LogP contribution in [-0.2, 0) is 11.3 Å². The molecule has 1 saturated heterocycles. The van der Waals surface area contributed by atoms with Crippen LogP contribution in [0.5, 0.6) is 0 Å². The Balaban J connectivity index is 1.74. The summed E-state index contributed by atoms with van der Waals surface area (Å²) in [6.45, 7) is 10.5. The zero-order valence-corrected chi connectivity index (χ0v) is 17.0. The molecule has 6 heteroatoms. The second kappa shape index (κ2) is 11.6. The minimum atomic E-state index is 0.0545. The fraction of sp³-hybridized carbons (Fsp3) is 0.619. The lowest BCUT2D eigenvalue weighted by Gasteiger charge is -2.33. The summed E-state index contributed by atoms with van der Waals surface area (Å²) in [7, 11) is 0. The van der Waals surface area contributed by atoms with Crippen LogP contribution in [0.15, 0.2) is 35.3 Å². The number of nitrogens with zero attached hydrogens (tertiary/aromatic N) is 2. The molecule has 1 fully saturated rings. The Morgan fingerprint density at radius 2 is 1.93 bits per heavy atom. The van der Waals surface area contributed by atoms with Crippen molar-refractivity contribution in [3.63, 3.8) is 0 Å². The van der Waals surface area contributed by atoms with E-state index in [1.807, 2.05) is 13.8 Å². The summed E-state index contributed by atoms with van der Waals surface area (Å²) < 4.78 is 0. The molecule has 1 aromatic carbocycles. The molecule has 1 aliphatic rings. The SMILES string of the molecule is CCNC(=NCCC(=O)NC(C)C)NC1CCN(Cc2ccccc2)CC1. The fourth-order valence-corrected chi connectivity index (χ4v) is 3.25. The number of piperidine rings is 1. The average molecular weight is 374 g/mol. The summed E-state index contributed by atoms with van der Waals surface area (Å²) in [6, 6.07) is 11.3. The van der Waals surface area contributed by atoms with E-state index < -0.39 is 0 Å². The summed E-state index contributed by atoms with van der Waals surface area (Å²) in [4.78, 5) is 18.8. The Kier molecular flexibility index (Phi) is 9.11. The van der Waals surface area contributed by atoms with Crippen molar-refractivity contribution < 1.29 is 4.79 Å². The monoisotopic (exact) mass is 373 g/mol. The highest BCUT2D eigenvalue weighted by Gasteiger charge is 2.20. The van der Waals surface area contributed by atoms with Crippen molar-refractivity contribution in [1.82, 2.24) is 20.9 Å². The first-order valence-electron chi connectivity index (χ1n) is 10.2. The van der Waals surface area contributed by atoms with Gasteiger partial charge in [-0.25, -0.2) is 0 Å². The van der Waals surface area contributed by atoms with Crippen LogP contribution in [0.25, 0.3) is 0 Å². The molecule has 0 aliphatic carbocycles. The Morgan fingerprint density at radius 1 is 1.22 bits per heavy atom. The quantitative estimate of drug-likeness (QED) is 0.482. The van der Waals surface area contributed by atoms with Crippen molar-refractivity contribution in [3.8, 4) is 0 Å². The molecule has 6 nitrogen and oxygen atoms in total. The number of nitrogens with one attached hydrogen (secondary N) is 3. The first-order chi connectivity index (χ1) is 13.1. The van der Waals surface area contributed by atoms with Crippen molar-refractivity contribution >= 4 is 11.9 Å². The van der Waals surface area contributed by atoms with Gasteiger partial charge >= 0.3 is 0 Å². The number of guanidine groups is 1. The van der Waals surface area contributed by atoms with Crippen LogP contribution < -0.4 is 16.0 Å². The van der Waals surface area contributed by atoms with Gasteiger partial charge in [0.1, 0.15) is 0 Å². The third-order valence-electron chi connectivity index (χ3n) is 4.58. The normalized spacial score (nSPS) is 16.4. The molecule has 3 N–H and O–H groups in total. The van der Waals surface area contributed by atoms with Crippen LogP contribution in [-0.4, -0.2) is 55.0 Å². The predicted octanol–water partition coefficient (Wildman–Crippen LogP) is 2.12. The average Bonchev–Trinajstić information content (AvgIpc) is 2.64. The van der Waals surface area contributed by atoms with Crippen molar-refractivity contribution in [2.24, 2.45) is 4.99 Å². The molecule has 1 aliphatic heterocycles. The summed E-state index contributed by atoms with van der Waals surface area (Å²) >= 11 is 0. The van der Waals surface area contributed by atoms with Gasteiger partial charge in [0.25, 0.3) is 0 Å². The number of likely N-dealkylation sites (tertiary alicyclic amines) is 1. The Labute approximate surface area is 163 Å². The zero-order chi connectivity index (χ0) is 19.5. The highest BCUT2D eigenvalue weighted by molar-refractivity contribution is 5.81. The standard InChI is InChI=1S/C21H35N5O/c1-4-22-21(23-13-10-20(27)24-17(2)3)25-19-11-14-26(15-12-19)16-18-8-6-5-7-9-18/h5-9,17,19H,4,10-16H2,1-3H3,(H,24,27)(H2,22,23,25). The zero-order valence-electron chi connectivity index (χ0n) is 17.0. The molecule has 150 valence electrons. The highest BCUT2D eigenvalue weighted by Crippen LogP contribution is 2.13. The molecule has 1 aromatic rings. The number of rotatable bonds is 8. The van der Waals surface area contributed by atoms with E-state index in [4.69, 9.17) is 0 Å². The van der Waals surface area contributed by atoms with Crippen LogP contribution in [0, 0.1) is 0 Å². The van der Waals surface area contributed by atoms with Crippen LogP contribution in [0.4, 0.5) is 0 Å². The smallest absolute Gasteiger partial charge is 0.222 e. The second-order valence-electron chi connectivity index (χ2n) is 7.41. The molecule has 1 amide bonds. The second-order valence-corrected chi connectivity index (χ2v) is 7.41. The van der Waals surface area contributed by atoms with E-state index >= 15 is 0 Å². The number of carbonyl (C=O) groups is 1. The topological polar surface area (TPSA) is 68.8 Å². The van der Waals surface area contributed by atoms with Gasteiger partial charge in [0.05, 0.1) is 6.54 Å². The van der Waals surface area contributed by atoms with E-state index in [1.165, 1.54) is 5.56 Å². The lowest BCUT2D eigenvalue weighted by atomic mass is 10.0. The van der Waals surface area contributed by atoms with Crippen LogP contribution >= 0.6 is 0 Å². The van der Waals surface area contributed by atoms with E-state index in [0.717, 1.165) is 45.0 Å². The van der Waals surface area contributed by atoms with Gasteiger partial charge in [0.2, 0.25) is 5.91 Å². The van der Waals surface area contributed by atoms with Gasteiger partial charge in [0.15, 0.2) is 5.96 Å². The number of hydrogen-bond donors (Lipinski definition) is 3. The third kappa shape index (κ3) is 8.43. The molecule has 0 unspecified atom stereocenters. The largest absolute Gasteiger partial charge is 0.357 e. The molecular weight excluding hydrogens is 338 g/mol. The molecular formula is C21H35N5O. The van der Waals surface area contributed by atoms with Crippen molar-refractivity contribution in [2.75, 3.05) is 26.2 Å². The van der Waals surface area contributed by atoms with Gasteiger partial charge in [-0.3, -0.25) is 14.7 Å². The van der Waals surface area contributed by atoms with Gasteiger partial charge in [0, 0.05) is 44.7 Å². The molecule has 0 saturated carbocycles. The van der Waals surface area contributed by atoms with Gasteiger partial charge in [-0.2, -0.15) is 0 Å². The van der Waals surface area contributed by atoms with Crippen molar-refractivity contribution in [3.05, 3.63) is 35.9 Å². The van der Waals surface area contributed by atoms with E-state index in [0.29, 0.717) is 19.0 Å². The van der Waals surface area contributed by atoms with E-state index in [1.54, 1.807) is 0 Å². The molecule has 0 aromatic heterocycles. The maximum atomic E-state index is 11.7. The van der Waals surface area contributed by atoms with Crippen LogP contribution in [0.2, 0.25) is 0 Å². The Hall–Kier alpha value is -2.08. The fourth-order valence-electron chi connectivity index (χ4n) is 3.25. The summed E-state index contributed by atoms with van der Waals surface area (Å²) in [5.74, 6) is 0.871. The van der Waals surface area contributed by atoms with Crippen LogP contribution in [0.1, 0.15) is 45.6 Å². The molecule has 0 atom stereocenters. The van der Waals surface area contributed by atoms with Gasteiger partial charge < -0.3 is 16.0 Å². The molecule has 0 radical (unpaired) electrons. The Morgan fingerprint density at radius 3 is 2.56 bits per heavy atom. The van der Waals surface area contributed by atoms with Gasteiger partial charge in [-0.1, -0.05) is 30.3 Å². The maximum Gasteiger partial charge on any atom is 0.222 e. The number of benzene rings is 1.